The van der Waals surface area contributed by atoms with Gasteiger partial charge in [-0.25, -0.2) is 0 Å². The fourth-order valence-corrected chi connectivity index (χ4v) is 29.0. The van der Waals surface area contributed by atoms with Gasteiger partial charge in [-0.1, -0.05) is 38.5 Å². The van der Waals surface area contributed by atoms with E-state index in [0.717, 1.165) is 57.8 Å². The number of hydrogen-bond acceptors (Lipinski definition) is 6. The van der Waals surface area contributed by atoms with Crippen molar-refractivity contribution in [1.82, 2.24) is 0 Å². The second-order valence-corrected chi connectivity index (χ2v) is 22.8. The maximum atomic E-state index is 7.71. The third-order valence-corrected chi connectivity index (χ3v) is 25.8. The van der Waals surface area contributed by atoms with E-state index in [1.54, 1.807) is 0 Å². The Labute approximate surface area is 224 Å². The van der Waals surface area contributed by atoms with Crippen molar-refractivity contribution in [2.75, 3.05) is 39.6 Å². The van der Waals surface area contributed by atoms with Gasteiger partial charge >= 0.3 is 25.7 Å². The molecule has 4 fully saturated rings. The summed E-state index contributed by atoms with van der Waals surface area (Å²) in [7, 11) is -7.65. The van der Waals surface area contributed by atoms with E-state index in [1.165, 1.54) is 77.0 Å². The SMILES string of the molecule is CCOCC[Si]1(C2CCCC2)O[Si](CCOCC)(C2CCCC2)O[Si](CCOCC)(C2CCCC2)O1. The Morgan fingerprint density at radius 2 is 0.722 bits per heavy atom. The van der Waals surface area contributed by atoms with Crippen LogP contribution < -0.4 is 0 Å². The van der Waals surface area contributed by atoms with Crippen molar-refractivity contribution in [3.8, 4) is 0 Å². The maximum Gasteiger partial charge on any atom is 0.326 e. The van der Waals surface area contributed by atoms with E-state index in [-0.39, 0.29) is 0 Å². The Kier molecular flexibility index (Phi) is 11.6. The zero-order valence-electron chi connectivity index (χ0n) is 23.5. The van der Waals surface area contributed by atoms with E-state index in [2.05, 4.69) is 20.8 Å². The lowest BCUT2D eigenvalue weighted by atomic mass is 10.4. The van der Waals surface area contributed by atoms with Crippen molar-refractivity contribution in [3.05, 3.63) is 0 Å². The van der Waals surface area contributed by atoms with Crippen LogP contribution in [0.25, 0.3) is 0 Å². The van der Waals surface area contributed by atoms with Gasteiger partial charge in [-0.05, 0) is 59.3 Å². The smallest absolute Gasteiger partial charge is 0.326 e. The molecule has 0 aromatic rings. The van der Waals surface area contributed by atoms with Crippen LogP contribution in [0.5, 0.6) is 0 Å². The van der Waals surface area contributed by atoms with Crippen molar-refractivity contribution in [2.45, 2.75) is 133 Å². The van der Waals surface area contributed by atoms with Crippen LogP contribution in [0.2, 0.25) is 34.8 Å². The molecule has 4 aliphatic rings. The summed E-state index contributed by atoms with van der Waals surface area (Å²) in [6, 6.07) is 2.92. The summed E-state index contributed by atoms with van der Waals surface area (Å²) in [5.41, 5.74) is 1.76. The summed E-state index contributed by atoms with van der Waals surface area (Å²) in [5.74, 6) is 0. The lowest BCUT2D eigenvalue weighted by Gasteiger charge is -2.58. The Bertz CT molecular complexity index is 543. The first kappa shape index (κ1) is 29.4. The van der Waals surface area contributed by atoms with Gasteiger partial charge in [0, 0.05) is 74.4 Å². The van der Waals surface area contributed by atoms with Crippen LogP contribution in [0.15, 0.2) is 0 Å². The van der Waals surface area contributed by atoms with Gasteiger partial charge in [-0.15, -0.1) is 0 Å². The van der Waals surface area contributed by atoms with E-state index in [4.69, 9.17) is 26.6 Å². The van der Waals surface area contributed by atoms with Gasteiger partial charge in [0.1, 0.15) is 0 Å². The van der Waals surface area contributed by atoms with Crippen LogP contribution in [0, 0.1) is 0 Å². The molecule has 3 saturated carbocycles. The highest BCUT2D eigenvalue weighted by Gasteiger charge is 2.68. The molecule has 0 spiro atoms. The monoisotopic (exact) mass is 558 g/mol. The zero-order valence-corrected chi connectivity index (χ0v) is 26.5. The van der Waals surface area contributed by atoms with Crippen LogP contribution in [-0.4, -0.2) is 65.3 Å². The number of rotatable bonds is 15. The standard InChI is InChI=1S/C27H54O6Si3/c1-4-28-19-22-34(25-13-7-8-14-25)31-35(23-20-29-5-2,26-15-9-10-16-26)33-36(32-34,24-21-30-6-3)27-17-11-12-18-27/h25-27H,4-24H2,1-3H3. The van der Waals surface area contributed by atoms with Gasteiger partial charge in [0.15, 0.2) is 0 Å². The highest BCUT2D eigenvalue weighted by Crippen LogP contribution is 2.57. The molecule has 0 N–H and O–H groups in total. The maximum absolute atomic E-state index is 7.71. The van der Waals surface area contributed by atoms with Gasteiger partial charge < -0.3 is 26.6 Å². The lowest BCUT2D eigenvalue weighted by molar-refractivity contribution is 0.120. The first-order valence-corrected chi connectivity index (χ1v) is 21.8. The summed E-state index contributed by atoms with van der Waals surface area (Å²) < 4.78 is 41.2. The quantitative estimate of drug-likeness (QED) is 0.155. The minimum Gasteiger partial charge on any atom is -0.415 e. The molecule has 1 saturated heterocycles. The molecule has 0 aromatic heterocycles. The predicted octanol–water partition coefficient (Wildman–Crippen LogP) is 7.32. The first-order valence-electron chi connectivity index (χ1n) is 15.5. The van der Waals surface area contributed by atoms with Gasteiger partial charge in [-0.3, -0.25) is 0 Å². The molecule has 0 unspecified atom stereocenters. The number of hydrogen-bond donors (Lipinski definition) is 0. The molecule has 210 valence electrons. The van der Waals surface area contributed by atoms with Crippen molar-refractivity contribution >= 4 is 25.7 Å². The Balaban J connectivity index is 1.77. The van der Waals surface area contributed by atoms with E-state index in [1.807, 2.05) is 0 Å². The molecular formula is C27H54O6Si3. The Morgan fingerprint density at radius 3 is 0.944 bits per heavy atom. The van der Waals surface area contributed by atoms with Crippen LogP contribution >= 0.6 is 0 Å². The molecule has 36 heavy (non-hydrogen) atoms. The molecule has 0 atom stereocenters. The highest BCUT2D eigenvalue weighted by molar-refractivity contribution is 6.96. The van der Waals surface area contributed by atoms with Crippen molar-refractivity contribution in [3.63, 3.8) is 0 Å². The minimum atomic E-state index is -2.55. The average Bonchev–Trinajstić information content (AvgIpc) is 3.67. The average molecular weight is 559 g/mol. The fraction of sp³-hybridized carbons (Fsp3) is 1.00. The van der Waals surface area contributed by atoms with Gasteiger partial charge in [0.25, 0.3) is 0 Å². The van der Waals surface area contributed by atoms with Crippen LogP contribution in [0.3, 0.4) is 0 Å². The van der Waals surface area contributed by atoms with E-state index < -0.39 is 25.7 Å². The number of ether oxygens (including phenoxy) is 3. The van der Waals surface area contributed by atoms with Gasteiger partial charge in [0.05, 0.1) is 0 Å². The third kappa shape index (κ3) is 6.75. The van der Waals surface area contributed by atoms with Gasteiger partial charge in [-0.2, -0.15) is 0 Å². The zero-order chi connectivity index (χ0) is 25.3. The van der Waals surface area contributed by atoms with Crippen molar-refractivity contribution in [1.29, 1.82) is 0 Å². The normalized spacial score (nSPS) is 34.8. The van der Waals surface area contributed by atoms with Crippen molar-refractivity contribution in [2.24, 2.45) is 0 Å². The molecule has 0 bridgehead atoms. The molecule has 0 amide bonds. The molecule has 0 radical (unpaired) electrons. The lowest BCUT2D eigenvalue weighted by Crippen LogP contribution is -2.74. The molecule has 6 nitrogen and oxygen atoms in total. The highest BCUT2D eigenvalue weighted by atomic mass is 28.5. The van der Waals surface area contributed by atoms with Gasteiger partial charge in [0.2, 0.25) is 0 Å². The van der Waals surface area contributed by atoms with Crippen LogP contribution in [0.4, 0.5) is 0 Å². The largest absolute Gasteiger partial charge is 0.415 e. The predicted molar refractivity (Wildman–Crippen MR) is 151 cm³/mol. The van der Waals surface area contributed by atoms with E-state index >= 15 is 0 Å². The summed E-state index contributed by atoms with van der Waals surface area (Å²) in [6.45, 7) is 10.9. The third-order valence-electron chi connectivity index (χ3n) is 9.37. The summed E-state index contributed by atoms with van der Waals surface area (Å²) >= 11 is 0. The topological polar surface area (TPSA) is 55.4 Å². The second-order valence-electron chi connectivity index (χ2n) is 11.5. The molecule has 4 rings (SSSR count). The van der Waals surface area contributed by atoms with E-state index in [0.29, 0.717) is 16.6 Å². The summed E-state index contributed by atoms with van der Waals surface area (Å²) in [4.78, 5) is 0. The first-order chi connectivity index (χ1) is 17.6. The Hall–Kier alpha value is 0.411. The van der Waals surface area contributed by atoms with Crippen LogP contribution in [0.1, 0.15) is 97.8 Å². The van der Waals surface area contributed by atoms with Crippen LogP contribution in [-0.2, 0) is 26.6 Å². The second kappa shape index (κ2) is 14.2. The molecular weight excluding hydrogens is 505 g/mol. The molecule has 1 aliphatic heterocycles. The minimum absolute atomic E-state index is 0.586. The van der Waals surface area contributed by atoms with Crippen molar-refractivity contribution < 1.29 is 26.6 Å². The molecule has 1 heterocycles. The molecule has 0 aromatic carbocycles. The summed E-state index contributed by atoms with van der Waals surface area (Å²) in [6.07, 6.45) is 15.5. The summed E-state index contributed by atoms with van der Waals surface area (Å²) in [5, 5.41) is 0. The molecule has 3 aliphatic carbocycles. The molecule has 9 heteroatoms. The van der Waals surface area contributed by atoms with E-state index in [9.17, 15) is 0 Å². The Morgan fingerprint density at radius 1 is 0.472 bits per heavy atom. The fourth-order valence-electron chi connectivity index (χ4n) is 7.53.